The van der Waals surface area contributed by atoms with E-state index in [4.69, 9.17) is 55.4 Å². The van der Waals surface area contributed by atoms with Gasteiger partial charge < -0.3 is 67.9 Å². The minimum atomic E-state index is -0.242. The number of benzene rings is 6. The summed E-state index contributed by atoms with van der Waals surface area (Å²) in [5.74, 6) is 3.48. The molecule has 127 heavy (non-hydrogen) atoms. The second kappa shape index (κ2) is 40.0. The summed E-state index contributed by atoms with van der Waals surface area (Å²) in [5, 5.41) is 26.4. The van der Waals surface area contributed by atoms with Gasteiger partial charge in [-0.1, -0.05) is 143 Å². The van der Waals surface area contributed by atoms with E-state index in [1.54, 1.807) is 21.8 Å². The first-order chi connectivity index (χ1) is 61.9. The highest BCUT2D eigenvalue weighted by molar-refractivity contribution is 5.97. The number of piperazine rings is 3. The Hall–Kier alpha value is -12.5. The smallest absolute Gasteiger partial charge is 0.318 e. The summed E-state index contributed by atoms with van der Waals surface area (Å²) < 4.78 is 24.6. The van der Waals surface area contributed by atoms with E-state index in [9.17, 15) is 24.9 Å². The van der Waals surface area contributed by atoms with Gasteiger partial charge in [-0.05, 0) is 124 Å². The van der Waals surface area contributed by atoms with Crippen LogP contribution in [0.3, 0.4) is 0 Å². The molecule has 28 nitrogen and oxygen atoms in total. The largest absolute Gasteiger partial charge is 0.462 e. The molecule has 660 valence electrons. The van der Waals surface area contributed by atoms with Gasteiger partial charge in [-0.3, -0.25) is 29.1 Å². The second-order valence-corrected chi connectivity index (χ2v) is 35.3. The van der Waals surface area contributed by atoms with Crippen molar-refractivity contribution in [1.29, 1.82) is 10.5 Å². The number of nitriles is 2. The molecule has 3 unspecified atom stereocenters. The third-order valence-corrected chi connectivity index (χ3v) is 27.1. The number of carbonyl (C=O) groups is 3. The standard InChI is InChI=1S/C33H39N7O3.2C33H39N7O2/c1-4-31(41)40-17-16-39(19-24(40)12-14-34)32-28-13-15-38(30-11-7-9-23-8-5-6-10-27(23)30)21-29(28)35-33(36-32)43-22-25-18-26(42-3)20-37(25)2;1-5-31(41)40-16-15-39(20-26(40)18-34-3)32-28-13-14-38(30-12-8-10-24-9-6-7-11-27(24)30)21-29(28)35-33(36-32)42-22-25-17-23(2)19-37(25)4;1-4-31(41)40-17-16-39(20-25(40)12-14-34)32-28-13-15-38(30-11-7-9-24-8-5-6-10-27(24)30)21-29(28)35-33(36-32)42-22-26-18-23(2)19-37(26)3/h4-11,24-26H,1,12-13,15-22H2,2-3H3;5-12,23,25-26H,1,13-22H2,2,4H3;4-11,23,25-26H,1,12-13,15-22H2,2-3H3/t24?,25-,26-;23-,25-,26?;23-,25?,26+/m001/s1. The van der Waals surface area contributed by atoms with Crippen LogP contribution in [0.4, 0.5) is 34.5 Å². The Balaban J connectivity index is 0.000000140. The molecule has 18 rings (SSSR count). The fourth-order valence-electron chi connectivity index (χ4n) is 20.4. The van der Waals surface area contributed by atoms with Crippen LogP contribution in [0.2, 0.25) is 0 Å². The molecule has 3 aromatic heterocycles. The van der Waals surface area contributed by atoms with Crippen LogP contribution in [-0.2, 0) is 58.0 Å². The summed E-state index contributed by atoms with van der Waals surface area (Å²) >= 11 is 0. The summed E-state index contributed by atoms with van der Waals surface area (Å²) in [6, 6.07) is 50.7. The van der Waals surface area contributed by atoms with E-state index in [1.165, 1.54) is 67.6 Å². The molecular formula is C99H117N21O7. The lowest BCUT2D eigenvalue weighted by atomic mass is 10.0. The van der Waals surface area contributed by atoms with Crippen molar-refractivity contribution in [1.82, 2.24) is 59.3 Å². The van der Waals surface area contributed by atoms with Crippen LogP contribution in [-0.4, -0.2) is 272 Å². The van der Waals surface area contributed by atoms with Crippen molar-refractivity contribution in [2.75, 3.05) is 182 Å². The Bertz CT molecular complexity index is 5410. The first-order valence-electron chi connectivity index (χ1n) is 44.9. The molecule has 6 fully saturated rings. The van der Waals surface area contributed by atoms with Crippen LogP contribution in [0.5, 0.6) is 18.0 Å². The molecule has 0 spiro atoms. The predicted molar refractivity (Wildman–Crippen MR) is 497 cm³/mol. The van der Waals surface area contributed by atoms with Crippen LogP contribution in [0.1, 0.15) is 79.7 Å². The first-order valence-corrected chi connectivity index (χ1v) is 44.9. The zero-order valence-corrected chi connectivity index (χ0v) is 74.1. The molecule has 9 aliphatic rings. The van der Waals surface area contributed by atoms with Crippen molar-refractivity contribution in [2.45, 2.75) is 127 Å². The zero-order valence-electron chi connectivity index (χ0n) is 74.1. The number of likely N-dealkylation sites (tertiary alicyclic amines) is 3. The van der Waals surface area contributed by atoms with E-state index in [-0.39, 0.29) is 67.4 Å². The maximum Gasteiger partial charge on any atom is 0.318 e. The molecule has 6 aromatic carbocycles. The SMILES string of the molecule is C=CC(=O)N1CCN(c2nc(OC[C@@H]3C[C@@H](C)CN3C)nc3c2CCN(c2cccc4ccccc24)C3)CC1CC#N.C=CC(=O)N1CCN(c2nc(OC[C@@H]3C[C@H](OC)CN3C)nc3c2CCN(c2cccc4ccccc24)C3)CC1CC#N.[C-]#[N+]CC1CN(c2nc(OC[C@@H]3C[C@H](C)CN3C)nc3c2CCN(c2cccc4ccccc24)C3)CCN1C(=O)C=C. The van der Waals surface area contributed by atoms with Gasteiger partial charge in [0.1, 0.15) is 43.3 Å². The van der Waals surface area contributed by atoms with Crippen molar-refractivity contribution in [3.63, 3.8) is 0 Å². The lowest BCUT2D eigenvalue weighted by Gasteiger charge is -2.42. The van der Waals surface area contributed by atoms with E-state index < -0.39 is 0 Å². The third-order valence-electron chi connectivity index (χ3n) is 27.1. The van der Waals surface area contributed by atoms with Crippen molar-refractivity contribution in [2.24, 2.45) is 11.8 Å². The highest BCUT2D eigenvalue weighted by Gasteiger charge is 2.40. The van der Waals surface area contributed by atoms with E-state index in [2.05, 4.69) is 243 Å². The molecule has 0 radical (unpaired) electrons. The Kier molecular flexibility index (Phi) is 27.7. The number of aromatic nitrogens is 6. The van der Waals surface area contributed by atoms with Crippen LogP contribution >= 0.6 is 0 Å². The summed E-state index contributed by atoms with van der Waals surface area (Å²) in [4.78, 5) is 97.3. The Morgan fingerprint density at radius 1 is 0.425 bits per heavy atom. The number of carbonyl (C=O) groups excluding carboxylic acids is 3. The molecule has 0 N–H and O–H groups in total. The van der Waals surface area contributed by atoms with Gasteiger partial charge in [0.05, 0.1) is 79.9 Å². The number of hydrogen-bond acceptors (Lipinski definition) is 24. The first kappa shape index (κ1) is 87.9. The lowest BCUT2D eigenvalue weighted by molar-refractivity contribution is -0.129. The Morgan fingerprint density at radius 2 is 0.756 bits per heavy atom. The van der Waals surface area contributed by atoms with Gasteiger partial charge in [-0.2, -0.15) is 40.4 Å². The topological polar surface area (TPSA) is 256 Å². The van der Waals surface area contributed by atoms with Gasteiger partial charge in [-0.15, -0.1) is 0 Å². The summed E-state index contributed by atoms with van der Waals surface area (Å²) in [7, 11) is 8.15. The fraction of sp³-hybridized carbons (Fsp3) is 0.455. The van der Waals surface area contributed by atoms with E-state index >= 15 is 0 Å². The molecule has 3 amide bonds. The van der Waals surface area contributed by atoms with Gasteiger partial charge in [0.2, 0.25) is 24.3 Å². The van der Waals surface area contributed by atoms with Gasteiger partial charge in [0.25, 0.3) is 0 Å². The van der Waals surface area contributed by atoms with Crippen molar-refractivity contribution < 1.29 is 33.3 Å². The number of amides is 3. The normalized spacial score (nSPS) is 22.5. The van der Waals surface area contributed by atoms with E-state index in [0.29, 0.717) is 140 Å². The second-order valence-electron chi connectivity index (χ2n) is 35.3. The molecule has 9 aromatic rings. The Morgan fingerprint density at radius 3 is 1.08 bits per heavy atom. The summed E-state index contributed by atoms with van der Waals surface area (Å²) in [5.41, 5.74) is 9.88. The van der Waals surface area contributed by atoms with Crippen LogP contribution in [0.15, 0.2) is 165 Å². The highest BCUT2D eigenvalue weighted by Crippen LogP contribution is 2.41. The third kappa shape index (κ3) is 19.6. The quantitative estimate of drug-likeness (QED) is 0.0451. The molecule has 0 aliphatic carbocycles. The number of likely N-dealkylation sites (N-methyl/N-ethyl adjacent to an activating group) is 3. The lowest BCUT2D eigenvalue weighted by Crippen LogP contribution is -2.56. The number of anilines is 6. The maximum atomic E-state index is 12.5. The van der Waals surface area contributed by atoms with Crippen molar-refractivity contribution in [3.8, 4) is 30.2 Å². The molecule has 0 saturated carbocycles. The molecule has 9 atom stereocenters. The molecule has 0 bridgehead atoms. The number of fused-ring (bicyclic) bond motifs is 6. The minimum absolute atomic E-state index is 0.127. The van der Waals surface area contributed by atoms with Crippen LogP contribution in [0.25, 0.3) is 37.2 Å². The molecule has 6 saturated heterocycles. The van der Waals surface area contributed by atoms with Gasteiger partial charge >= 0.3 is 18.0 Å². The van der Waals surface area contributed by atoms with Gasteiger partial charge in [-0.25, -0.2) is 6.57 Å². The van der Waals surface area contributed by atoms with Crippen LogP contribution in [0, 0.1) is 41.1 Å². The maximum absolute atomic E-state index is 12.5. The number of ether oxygens (including phenoxy) is 4. The number of rotatable bonds is 22. The van der Waals surface area contributed by atoms with Crippen LogP contribution < -0.4 is 43.6 Å². The Labute approximate surface area is 745 Å². The molecule has 28 heteroatoms. The van der Waals surface area contributed by atoms with Gasteiger partial charge in [0.15, 0.2) is 0 Å². The van der Waals surface area contributed by atoms with Crippen molar-refractivity contribution in [3.05, 3.63) is 211 Å². The number of methoxy groups -OCH3 is 1. The fourth-order valence-corrected chi connectivity index (χ4v) is 20.4. The molecule has 12 heterocycles. The minimum Gasteiger partial charge on any atom is -0.462 e. The highest BCUT2D eigenvalue weighted by atomic mass is 16.5. The molecule has 9 aliphatic heterocycles. The number of hydrogen-bond donors (Lipinski definition) is 0. The zero-order chi connectivity index (χ0) is 88.4. The van der Waals surface area contributed by atoms with E-state index in [0.717, 1.165) is 129 Å². The molecular weight excluding hydrogens is 1600 g/mol. The average molecular weight is 1710 g/mol. The monoisotopic (exact) mass is 1710 g/mol. The van der Waals surface area contributed by atoms with Crippen molar-refractivity contribution >= 4 is 84.6 Å². The summed E-state index contributed by atoms with van der Waals surface area (Å²) in [6.07, 6.45) is 10.2. The summed E-state index contributed by atoms with van der Waals surface area (Å²) in [6.45, 7) is 37.3. The van der Waals surface area contributed by atoms with E-state index in [1.807, 2.05) is 0 Å². The number of nitrogens with zero attached hydrogens (tertiary/aromatic N) is 21. The van der Waals surface area contributed by atoms with Gasteiger partial charge in [0, 0.05) is 173 Å². The predicted octanol–water partition coefficient (Wildman–Crippen LogP) is 11.5. The average Bonchev–Trinajstić information content (AvgIpc) is 0.931.